The number of hydrogen-bond donors (Lipinski definition) is 1. The molecule has 0 heterocycles. The summed E-state index contributed by atoms with van der Waals surface area (Å²) in [6.07, 6.45) is 1.03. The Hall–Kier alpha value is -2.21. The van der Waals surface area contributed by atoms with Crippen molar-refractivity contribution in [1.29, 1.82) is 0 Å². The van der Waals surface area contributed by atoms with Crippen LogP contribution in [0.5, 0.6) is 0 Å². The normalized spacial score (nSPS) is 12.6. The van der Waals surface area contributed by atoms with E-state index in [1.54, 1.807) is 30.3 Å². The number of amides is 1. The number of hydrogen-bond acceptors (Lipinski definition) is 3. The first-order chi connectivity index (χ1) is 11.4. The van der Waals surface area contributed by atoms with Crippen molar-refractivity contribution in [1.82, 2.24) is 5.32 Å². The molecule has 0 aromatic heterocycles. The summed E-state index contributed by atoms with van der Waals surface area (Å²) in [5, 5.41) is 1.75. The van der Waals surface area contributed by atoms with Gasteiger partial charge in [-0.3, -0.25) is 4.79 Å². The van der Waals surface area contributed by atoms with E-state index in [4.69, 9.17) is 0 Å². The van der Waals surface area contributed by atoms with E-state index in [9.17, 15) is 17.6 Å². The number of benzene rings is 2. The Kier molecular flexibility index (Phi) is 6.09. The van der Waals surface area contributed by atoms with Crippen LogP contribution in [0.25, 0.3) is 0 Å². The second-order valence-electron chi connectivity index (χ2n) is 5.45. The highest BCUT2D eigenvalue weighted by atomic mass is 32.2. The Morgan fingerprint density at radius 1 is 1.08 bits per heavy atom. The van der Waals surface area contributed by atoms with E-state index in [0.717, 1.165) is 12.1 Å². The van der Waals surface area contributed by atoms with Crippen molar-refractivity contribution in [2.45, 2.75) is 29.9 Å². The van der Waals surface area contributed by atoms with Crippen LogP contribution >= 0.6 is 0 Å². The Balaban J connectivity index is 2.34. The quantitative estimate of drug-likeness (QED) is 0.781. The van der Waals surface area contributed by atoms with Crippen LogP contribution in [0.2, 0.25) is 0 Å². The zero-order valence-electron chi connectivity index (χ0n) is 13.4. The smallest absolute Gasteiger partial charge is 0.220 e. The van der Waals surface area contributed by atoms with Gasteiger partial charge in [-0.05, 0) is 36.2 Å². The van der Waals surface area contributed by atoms with E-state index >= 15 is 0 Å². The molecule has 2 rings (SSSR count). The molecule has 0 bridgehead atoms. The molecule has 1 unspecified atom stereocenters. The van der Waals surface area contributed by atoms with Gasteiger partial charge in [0.15, 0.2) is 9.84 Å². The molecule has 2 aromatic rings. The van der Waals surface area contributed by atoms with Crippen molar-refractivity contribution < 1.29 is 17.6 Å². The molecule has 4 nitrogen and oxygen atoms in total. The van der Waals surface area contributed by atoms with Crippen molar-refractivity contribution in [3.63, 3.8) is 0 Å². The fourth-order valence-corrected chi connectivity index (χ4v) is 4.05. The molecule has 0 spiro atoms. The number of nitrogens with one attached hydrogen (secondary N) is 1. The summed E-state index contributed by atoms with van der Waals surface area (Å²) in [6, 6.07) is 13.4. The third kappa shape index (κ3) is 4.41. The second-order valence-corrected chi connectivity index (χ2v) is 7.58. The lowest BCUT2D eigenvalue weighted by Crippen LogP contribution is -2.31. The summed E-state index contributed by atoms with van der Waals surface area (Å²) in [4.78, 5) is 11.8. The van der Waals surface area contributed by atoms with Gasteiger partial charge in [-0.2, -0.15) is 0 Å². The van der Waals surface area contributed by atoms with Crippen LogP contribution in [0.15, 0.2) is 59.5 Å². The molecule has 0 saturated heterocycles. The van der Waals surface area contributed by atoms with Gasteiger partial charge in [0, 0.05) is 13.0 Å². The molecule has 128 valence electrons. The molecule has 1 N–H and O–H groups in total. The third-order valence-electron chi connectivity index (χ3n) is 3.65. The van der Waals surface area contributed by atoms with Gasteiger partial charge in [0.05, 0.1) is 4.90 Å². The minimum atomic E-state index is -3.76. The molecule has 0 radical (unpaired) electrons. The highest BCUT2D eigenvalue weighted by molar-refractivity contribution is 7.91. The average molecular weight is 349 g/mol. The maximum absolute atomic E-state index is 13.1. The van der Waals surface area contributed by atoms with Gasteiger partial charge in [-0.15, -0.1) is 0 Å². The lowest BCUT2D eigenvalue weighted by molar-refractivity contribution is -0.121. The van der Waals surface area contributed by atoms with Gasteiger partial charge >= 0.3 is 0 Å². The van der Waals surface area contributed by atoms with Crippen molar-refractivity contribution >= 4 is 15.7 Å². The average Bonchev–Trinajstić information content (AvgIpc) is 2.56. The fraction of sp³-hybridized carbons (Fsp3) is 0.278. The van der Waals surface area contributed by atoms with Crippen LogP contribution in [-0.4, -0.2) is 20.9 Å². The Bertz CT molecular complexity index is 774. The molecule has 0 saturated carbocycles. The van der Waals surface area contributed by atoms with E-state index in [1.165, 1.54) is 12.1 Å². The molecule has 0 fully saturated rings. The molecule has 24 heavy (non-hydrogen) atoms. The van der Waals surface area contributed by atoms with Crippen LogP contribution in [0.3, 0.4) is 0 Å². The maximum Gasteiger partial charge on any atom is 0.220 e. The highest BCUT2D eigenvalue weighted by Gasteiger charge is 2.29. The second kappa shape index (κ2) is 8.06. The fourth-order valence-electron chi connectivity index (χ4n) is 2.38. The van der Waals surface area contributed by atoms with Gasteiger partial charge in [-0.25, -0.2) is 12.8 Å². The minimum absolute atomic E-state index is 0.0252. The Morgan fingerprint density at radius 2 is 1.71 bits per heavy atom. The first-order valence-electron chi connectivity index (χ1n) is 7.76. The third-order valence-corrected chi connectivity index (χ3v) is 5.77. The summed E-state index contributed by atoms with van der Waals surface area (Å²) >= 11 is 0. The predicted molar refractivity (Wildman–Crippen MR) is 90.7 cm³/mol. The molecule has 1 atom stereocenters. The van der Waals surface area contributed by atoms with E-state index in [-0.39, 0.29) is 17.3 Å². The zero-order valence-corrected chi connectivity index (χ0v) is 14.2. The number of rotatable bonds is 7. The molecule has 1 amide bonds. The van der Waals surface area contributed by atoms with Crippen LogP contribution in [0.1, 0.15) is 30.6 Å². The maximum atomic E-state index is 13.1. The van der Waals surface area contributed by atoms with Crippen LogP contribution in [-0.2, 0) is 14.6 Å². The molecule has 0 aliphatic carbocycles. The van der Waals surface area contributed by atoms with Crippen molar-refractivity contribution in [2.24, 2.45) is 0 Å². The van der Waals surface area contributed by atoms with Crippen LogP contribution < -0.4 is 5.32 Å². The number of carbonyl (C=O) groups excluding carboxylic acids is 1. The van der Waals surface area contributed by atoms with Gasteiger partial charge in [-0.1, -0.05) is 37.3 Å². The molecule has 0 aliphatic rings. The summed E-state index contributed by atoms with van der Waals surface area (Å²) in [7, 11) is -3.76. The van der Waals surface area contributed by atoms with Gasteiger partial charge in [0.25, 0.3) is 0 Å². The molecule has 2 aromatic carbocycles. The monoisotopic (exact) mass is 349 g/mol. The van der Waals surface area contributed by atoms with Gasteiger partial charge in [0.2, 0.25) is 5.91 Å². The van der Waals surface area contributed by atoms with Gasteiger partial charge < -0.3 is 5.32 Å². The summed E-state index contributed by atoms with van der Waals surface area (Å²) in [6.45, 7) is 1.85. The lowest BCUT2D eigenvalue weighted by atomic mass is 10.1. The predicted octanol–water partition coefficient (Wildman–Crippen LogP) is 3.26. The van der Waals surface area contributed by atoms with Crippen molar-refractivity contribution in [3.8, 4) is 0 Å². The summed E-state index contributed by atoms with van der Waals surface area (Å²) in [5.41, 5.74) is 0.582. The summed E-state index contributed by atoms with van der Waals surface area (Å²) < 4.78 is 39.0. The van der Waals surface area contributed by atoms with Gasteiger partial charge in [0.1, 0.15) is 11.1 Å². The van der Waals surface area contributed by atoms with E-state index in [0.29, 0.717) is 18.4 Å². The Labute approximate surface area is 141 Å². The van der Waals surface area contributed by atoms with E-state index < -0.39 is 20.9 Å². The van der Waals surface area contributed by atoms with Crippen LogP contribution in [0.4, 0.5) is 4.39 Å². The molecular weight excluding hydrogens is 329 g/mol. The van der Waals surface area contributed by atoms with Crippen molar-refractivity contribution in [3.05, 3.63) is 66.0 Å². The lowest BCUT2D eigenvalue weighted by Gasteiger charge is -2.19. The standard InChI is InChI=1S/C18H20FNO3S/c1-2-6-18(21)20-13-17(14-7-4-3-5-8-14)24(22,23)16-11-9-15(19)10-12-16/h3-5,7-12,17H,2,6,13H2,1H3,(H,20,21). The largest absolute Gasteiger partial charge is 0.354 e. The topological polar surface area (TPSA) is 63.2 Å². The Morgan fingerprint density at radius 3 is 2.29 bits per heavy atom. The minimum Gasteiger partial charge on any atom is -0.354 e. The number of carbonyl (C=O) groups is 1. The zero-order chi connectivity index (χ0) is 17.6. The molecule has 6 heteroatoms. The first kappa shape index (κ1) is 18.1. The molecule has 0 aliphatic heterocycles. The first-order valence-corrected chi connectivity index (χ1v) is 9.31. The highest BCUT2D eigenvalue weighted by Crippen LogP contribution is 2.28. The van der Waals surface area contributed by atoms with Crippen LogP contribution in [0, 0.1) is 5.82 Å². The number of halogens is 1. The molecular formula is C18H20FNO3S. The van der Waals surface area contributed by atoms with E-state index in [2.05, 4.69) is 5.32 Å². The van der Waals surface area contributed by atoms with E-state index in [1.807, 2.05) is 6.92 Å². The SMILES string of the molecule is CCCC(=O)NCC(c1ccccc1)S(=O)(=O)c1ccc(F)cc1. The number of sulfone groups is 1. The van der Waals surface area contributed by atoms with Crippen molar-refractivity contribution in [2.75, 3.05) is 6.54 Å². The summed E-state index contributed by atoms with van der Waals surface area (Å²) in [5.74, 6) is -0.686.